The van der Waals surface area contributed by atoms with Crippen molar-refractivity contribution in [1.82, 2.24) is 0 Å². The number of rotatable bonds is 6. The molecule has 0 radical (unpaired) electrons. The molecule has 0 aliphatic carbocycles. The van der Waals surface area contributed by atoms with E-state index in [1.165, 1.54) is 31.4 Å². The first kappa shape index (κ1) is 18.5. The number of esters is 1. The molecule has 2 aromatic carbocycles. The van der Waals surface area contributed by atoms with Gasteiger partial charge in [-0.05, 0) is 37.3 Å². The van der Waals surface area contributed by atoms with Crippen LogP contribution in [0.2, 0.25) is 5.02 Å². The van der Waals surface area contributed by atoms with Gasteiger partial charge in [0.15, 0.2) is 0 Å². The van der Waals surface area contributed by atoms with E-state index < -0.39 is 5.97 Å². The van der Waals surface area contributed by atoms with Crippen molar-refractivity contribution in [2.75, 3.05) is 19.0 Å². The molecule has 2 rings (SSSR count). The second-order valence-electron chi connectivity index (χ2n) is 4.98. The smallest absolute Gasteiger partial charge is 0.337 e. The lowest BCUT2D eigenvalue weighted by Gasteiger charge is -2.08. The molecular formula is C19H18ClNO4. The highest BCUT2D eigenvalue weighted by atomic mass is 35.5. The number of benzene rings is 2. The standard InChI is InChI=1S/C19H18ClNO4/c1-3-25-17-7-5-4-6-13(17)9-11-18(22)21-16-12-14(19(23)24-2)8-10-15(16)20/h4-12H,3H2,1-2H3,(H,21,22)/b11-9+. The summed E-state index contributed by atoms with van der Waals surface area (Å²) in [7, 11) is 1.29. The first-order valence-corrected chi connectivity index (χ1v) is 8.01. The molecule has 0 bridgehead atoms. The molecule has 0 aliphatic heterocycles. The zero-order chi connectivity index (χ0) is 18.2. The Hall–Kier alpha value is -2.79. The summed E-state index contributed by atoms with van der Waals surface area (Å²) in [5.74, 6) is -0.191. The minimum Gasteiger partial charge on any atom is -0.493 e. The number of amides is 1. The average Bonchev–Trinajstić information content (AvgIpc) is 2.62. The highest BCUT2D eigenvalue weighted by molar-refractivity contribution is 6.34. The SMILES string of the molecule is CCOc1ccccc1/C=C/C(=O)Nc1cc(C(=O)OC)ccc1Cl. The summed E-state index contributed by atoms with van der Waals surface area (Å²) in [6, 6.07) is 11.9. The fourth-order valence-electron chi connectivity index (χ4n) is 2.11. The molecule has 0 aliphatic rings. The number of anilines is 1. The number of carbonyl (C=O) groups excluding carboxylic acids is 2. The van der Waals surface area contributed by atoms with Crippen LogP contribution < -0.4 is 10.1 Å². The van der Waals surface area contributed by atoms with E-state index in [-0.39, 0.29) is 5.91 Å². The van der Waals surface area contributed by atoms with Crippen molar-refractivity contribution in [3.63, 3.8) is 0 Å². The van der Waals surface area contributed by atoms with Gasteiger partial charge < -0.3 is 14.8 Å². The molecule has 0 fully saturated rings. The lowest BCUT2D eigenvalue weighted by atomic mass is 10.2. The monoisotopic (exact) mass is 359 g/mol. The normalized spacial score (nSPS) is 10.5. The summed E-state index contributed by atoms with van der Waals surface area (Å²) in [5.41, 5.74) is 1.42. The fourth-order valence-corrected chi connectivity index (χ4v) is 2.28. The zero-order valence-corrected chi connectivity index (χ0v) is 14.7. The van der Waals surface area contributed by atoms with Gasteiger partial charge in [0.2, 0.25) is 5.91 Å². The number of methoxy groups -OCH3 is 1. The third-order valence-corrected chi connectivity index (χ3v) is 3.61. The van der Waals surface area contributed by atoms with Gasteiger partial charge in [-0.15, -0.1) is 0 Å². The molecule has 5 nitrogen and oxygen atoms in total. The molecule has 2 aromatic rings. The van der Waals surface area contributed by atoms with Crippen molar-refractivity contribution in [3.8, 4) is 5.75 Å². The van der Waals surface area contributed by atoms with Crippen LogP contribution in [0.25, 0.3) is 6.08 Å². The largest absolute Gasteiger partial charge is 0.493 e. The molecule has 0 atom stereocenters. The first-order valence-electron chi connectivity index (χ1n) is 7.64. The Bertz CT molecular complexity index is 802. The number of hydrogen-bond acceptors (Lipinski definition) is 4. The van der Waals surface area contributed by atoms with Crippen LogP contribution >= 0.6 is 11.6 Å². The molecule has 1 amide bonds. The Morgan fingerprint density at radius 3 is 2.68 bits per heavy atom. The lowest BCUT2D eigenvalue weighted by Crippen LogP contribution is -2.10. The minimum atomic E-state index is -0.506. The minimum absolute atomic E-state index is 0.299. The molecule has 25 heavy (non-hydrogen) atoms. The van der Waals surface area contributed by atoms with E-state index in [0.29, 0.717) is 28.6 Å². The summed E-state index contributed by atoms with van der Waals surface area (Å²) in [4.78, 5) is 23.7. The summed E-state index contributed by atoms with van der Waals surface area (Å²) in [6.07, 6.45) is 3.03. The number of carbonyl (C=O) groups is 2. The van der Waals surface area contributed by atoms with Gasteiger partial charge >= 0.3 is 5.97 Å². The van der Waals surface area contributed by atoms with E-state index >= 15 is 0 Å². The van der Waals surface area contributed by atoms with Crippen LogP contribution in [0.1, 0.15) is 22.8 Å². The first-order chi connectivity index (χ1) is 12.0. The zero-order valence-electron chi connectivity index (χ0n) is 13.9. The van der Waals surface area contributed by atoms with E-state index in [0.717, 1.165) is 5.56 Å². The molecule has 0 aromatic heterocycles. The maximum Gasteiger partial charge on any atom is 0.337 e. The third kappa shape index (κ3) is 5.09. The third-order valence-electron chi connectivity index (χ3n) is 3.28. The Morgan fingerprint density at radius 2 is 1.96 bits per heavy atom. The second-order valence-corrected chi connectivity index (χ2v) is 5.39. The summed E-state index contributed by atoms with van der Waals surface area (Å²) in [5, 5.41) is 2.97. The highest BCUT2D eigenvalue weighted by Crippen LogP contribution is 2.24. The van der Waals surface area contributed by atoms with Crippen LogP contribution in [0.4, 0.5) is 5.69 Å². The average molecular weight is 360 g/mol. The Kier molecular flexibility index (Phi) is 6.60. The number of ether oxygens (including phenoxy) is 2. The predicted octanol–water partition coefficient (Wildman–Crippen LogP) is 4.18. The van der Waals surface area contributed by atoms with Gasteiger partial charge in [-0.2, -0.15) is 0 Å². The quantitative estimate of drug-likeness (QED) is 0.620. The maximum absolute atomic E-state index is 12.1. The van der Waals surface area contributed by atoms with Crippen LogP contribution in [0.15, 0.2) is 48.5 Å². The van der Waals surface area contributed by atoms with E-state index in [1.807, 2.05) is 31.2 Å². The molecule has 6 heteroatoms. The molecule has 0 spiro atoms. The Morgan fingerprint density at radius 1 is 1.20 bits per heavy atom. The molecule has 0 unspecified atom stereocenters. The molecule has 0 heterocycles. The van der Waals surface area contributed by atoms with Crippen molar-refractivity contribution in [2.45, 2.75) is 6.92 Å². The fraction of sp³-hybridized carbons (Fsp3) is 0.158. The molecule has 130 valence electrons. The van der Waals surface area contributed by atoms with Crippen molar-refractivity contribution >= 4 is 35.2 Å². The van der Waals surface area contributed by atoms with Gasteiger partial charge in [-0.25, -0.2) is 4.79 Å². The van der Waals surface area contributed by atoms with Crippen LogP contribution in [-0.4, -0.2) is 25.6 Å². The number of para-hydroxylation sites is 1. The van der Waals surface area contributed by atoms with Gasteiger partial charge in [0, 0.05) is 11.6 Å². The van der Waals surface area contributed by atoms with Crippen molar-refractivity contribution in [1.29, 1.82) is 0 Å². The van der Waals surface area contributed by atoms with E-state index in [1.54, 1.807) is 6.08 Å². The van der Waals surface area contributed by atoms with E-state index in [9.17, 15) is 9.59 Å². The van der Waals surface area contributed by atoms with Crippen LogP contribution in [0.5, 0.6) is 5.75 Å². The Balaban J connectivity index is 2.14. The van der Waals surface area contributed by atoms with Crippen molar-refractivity contribution < 1.29 is 19.1 Å². The molecular weight excluding hydrogens is 342 g/mol. The highest BCUT2D eigenvalue weighted by Gasteiger charge is 2.10. The Labute approximate surface area is 151 Å². The van der Waals surface area contributed by atoms with Gasteiger partial charge in [0.05, 0.1) is 30.0 Å². The van der Waals surface area contributed by atoms with Gasteiger partial charge in [0.1, 0.15) is 5.75 Å². The summed E-state index contributed by atoms with van der Waals surface area (Å²) in [6.45, 7) is 2.43. The number of hydrogen-bond donors (Lipinski definition) is 1. The van der Waals surface area contributed by atoms with Gasteiger partial charge in [-0.1, -0.05) is 29.8 Å². The van der Waals surface area contributed by atoms with Crippen LogP contribution in [0.3, 0.4) is 0 Å². The molecule has 0 saturated carbocycles. The summed E-state index contributed by atoms with van der Waals surface area (Å²) >= 11 is 6.06. The number of halogens is 1. The molecule has 0 saturated heterocycles. The second kappa shape index (κ2) is 8.89. The summed E-state index contributed by atoms with van der Waals surface area (Å²) < 4.78 is 10.2. The maximum atomic E-state index is 12.1. The predicted molar refractivity (Wildman–Crippen MR) is 98.1 cm³/mol. The lowest BCUT2D eigenvalue weighted by molar-refractivity contribution is -0.111. The van der Waals surface area contributed by atoms with Crippen molar-refractivity contribution in [3.05, 3.63) is 64.7 Å². The van der Waals surface area contributed by atoms with Gasteiger partial charge in [0.25, 0.3) is 0 Å². The number of nitrogens with one attached hydrogen (secondary N) is 1. The van der Waals surface area contributed by atoms with Gasteiger partial charge in [-0.3, -0.25) is 4.79 Å². The topological polar surface area (TPSA) is 64.6 Å². The molecule has 1 N–H and O–H groups in total. The van der Waals surface area contributed by atoms with E-state index in [4.69, 9.17) is 16.3 Å². The van der Waals surface area contributed by atoms with Crippen LogP contribution in [0, 0.1) is 0 Å². The van der Waals surface area contributed by atoms with E-state index in [2.05, 4.69) is 10.1 Å². The van der Waals surface area contributed by atoms with Crippen molar-refractivity contribution in [2.24, 2.45) is 0 Å². The van der Waals surface area contributed by atoms with Crippen LogP contribution in [-0.2, 0) is 9.53 Å².